The second-order valence-electron chi connectivity index (χ2n) is 10.6. The van der Waals surface area contributed by atoms with Gasteiger partial charge in [0.1, 0.15) is 23.5 Å². The molecule has 0 spiro atoms. The number of carbonyl (C=O) groups is 3. The van der Waals surface area contributed by atoms with Crippen molar-refractivity contribution in [1.82, 2.24) is 25.7 Å². The molecule has 4 aromatic rings. The van der Waals surface area contributed by atoms with Gasteiger partial charge in [0, 0.05) is 33.0 Å². The molecule has 4 rings (SSSR count). The number of nitrogens with two attached hydrogens (primary N) is 1. The third kappa shape index (κ3) is 9.02. The normalized spacial score (nSPS) is 12.2. The largest absolute Gasteiger partial charge is 0.494 e. The Morgan fingerprint density at radius 1 is 0.818 bits per heavy atom. The quantitative estimate of drug-likeness (QED) is 0.177. The first kappa shape index (κ1) is 32.0. The molecule has 0 aliphatic heterocycles. The second kappa shape index (κ2) is 15.5. The zero-order chi connectivity index (χ0) is 31.5. The summed E-state index contributed by atoms with van der Waals surface area (Å²) in [5, 5.41) is 13.0. The van der Waals surface area contributed by atoms with Gasteiger partial charge in [0.05, 0.1) is 12.3 Å². The molecule has 3 aromatic carbocycles. The van der Waals surface area contributed by atoms with Crippen LogP contribution in [0, 0.1) is 6.92 Å². The van der Waals surface area contributed by atoms with Crippen molar-refractivity contribution < 1.29 is 19.1 Å². The fraction of sp³-hybridized carbons (Fsp3) is 0.294. The first-order chi connectivity index (χ1) is 21.2. The van der Waals surface area contributed by atoms with Crippen LogP contribution >= 0.6 is 0 Å². The average molecular weight is 597 g/mol. The van der Waals surface area contributed by atoms with Crippen LogP contribution in [0.15, 0.2) is 84.9 Å². The zero-order valence-electron chi connectivity index (χ0n) is 25.4. The number of hydrogen-bond acceptors (Lipinski definition) is 6. The fourth-order valence-corrected chi connectivity index (χ4v) is 4.83. The number of aromatic nitrogens is 2. The molecule has 1 aromatic heterocycles. The lowest BCUT2D eigenvalue weighted by molar-refractivity contribution is -0.130. The average Bonchev–Trinajstić information content (AvgIpc) is 3.38. The van der Waals surface area contributed by atoms with Crippen molar-refractivity contribution in [2.24, 2.45) is 12.8 Å². The smallest absolute Gasteiger partial charge is 0.270 e. The van der Waals surface area contributed by atoms with Gasteiger partial charge in [-0.15, -0.1) is 0 Å². The molecular formula is C34H40N6O4. The van der Waals surface area contributed by atoms with Crippen molar-refractivity contribution in [2.75, 3.05) is 6.61 Å². The number of rotatable bonds is 14. The Morgan fingerprint density at radius 3 is 2.00 bits per heavy atom. The highest BCUT2D eigenvalue weighted by molar-refractivity contribution is 5.97. The highest BCUT2D eigenvalue weighted by atomic mass is 16.5. The maximum atomic E-state index is 13.9. The third-order valence-electron chi connectivity index (χ3n) is 7.17. The lowest BCUT2D eigenvalue weighted by atomic mass is 10.0. The van der Waals surface area contributed by atoms with E-state index in [1.54, 1.807) is 20.0 Å². The summed E-state index contributed by atoms with van der Waals surface area (Å²) < 4.78 is 7.02. The molecule has 10 nitrogen and oxygen atoms in total. The molecule has 0 radical (unpaired) electrons. The van der Waals surface area contributed by atoms with Crippen LogP contribution in [0.25, 0.3) is 0 Å². The first-order valence-corrected chi connectivity index (χ1v) is 14.7. The van der Waals surface area contributed by atoms with Gasteiger partial charge in [-0.1, -0.05) is 66.7 Å². The Labute approximate surface area is 258 Å². The van der Waals surface area contributed by atoms with Crippen molar-refractivity contribution in [3.63, 3.8) is 0 Å². The predicted molar refractivity (Wildman–Crippen MR) is 169 cm³/mol. The maximum Gasteiger partial charge on any atom is 0.270 e. The van der Waals surface area contributed by atoms with E-state index in [4.69, 9.17) is 10.5 Å². The monoisotopic (exact) mass is 596 g/mol. The lowest BCUT2D eigenvalue weighted by Crippen LogP contribution is -2.55. The van der Waals surface area contributed by atoms with Crippen LogP contribution in [0.4, 0.5) is 0 Å². The Morgan fingerprint density at radius 2 is 1.41 bits per heavy atom. The van der Waals surface area contributed by atoms with Crippen molar-refractivity contribution in [3.05, 3.63) is 119 Å². The van der Waals surface area contributed by atoms with E-state index < -0.39 is 23.9 Å². The van der Waals surface area contributed by atoms with E-state index >= 15 is 0 Å². The molecule has 0 saturated heterocycles. The van der Waals surface area contributed by atoms with E-state index in [2.05, 4.69) is 21.0 Å². The SMILES string of the molecule is CCOc1ccc(C[C@@H](NC(=O)c2cc(C)nn2C)C(=O)N[C@@H](Cc2ccccc2)C(=O)NCc2ccc(CN)cc2)cc1. The van der Waals surface area contributed by atoms with Crippen LogP contribution in [0.2, 0.25) is 0 Å². The summed E-state index contributed by atoms with van der Waals surface area (Å²) in [6.07, 6.45) is 0.475. The predicted octanol–water partition coefficient (Wildman–Crippen LogP) is 2.97. The lowest BCUT2D eigenvalue weighted by Gasteiger charge is -2.24. The minimum absolute atomic E-state index is 0.202. The molecule has 10 heteroatoms. The Hall–Kier alpha value is -4.96. The summed E-state index contributed by atoms with van der Waals surface area (Å²) in [6, 6.07) is 24.3. The van der Waals surface area contributed by atoms with Crippen LogP contribution in [-0.2, 0) is 42.6 Å². The highest BCUT2D eigenvalue weighted by Gasteiger charge is 2.28. The van der Waals surface area contributed by atoms with Crippen LogP contribution in [0.5, 0.6) is 5.75 Å². The molecule has 0 fully saturated rings. The fourth-order valence-electron chi connectivity index (χ4n) is 4.83. The Bertz CT molecular complexity index is 1530. The summed E-state index contributed by atoms with van der Waals surface area (Å²) in [5.74, 6) is -0.541. The van der Waals surface area contributed by atoms with Gasteiger partial charge >= 0.3 is 0 Å². The van der Waals surface area contributed by atoms with Gasteiger partial charge in [-0.25, -0.2) is 0 Å². The van der Waals surface area contributed by atoms with Gasteiger partial charge in [-0.05, 0) is 54.3 Å². The maximum absolute atomic E-state index is 13.9. The summed E-state index contributed by atoms with van der Waals surface area (Å²) in [6.45, 7) is 4.96. The molecule has 0 saturated carbocycles. The van der Waals surface area contributed by atoms with Crippen molar-refractivity contribution in [3.8, 4) is 5.75 Å². The van der Waals surface area contributed by atoms with Crippen molar-refractivity contribution in [2.45, 2.75) is 51.9 Å². The van der Waals surface area contributed by atoms with Crippen LogP contribution < -0.4 is 26.4 Å². The molecule has 0 aliphatic carbocycles. The number of nitrogens with zero attached hydrogens (tertiary/aromatic N) is 2. The molecule has 0 aliphatic rings. The van der Waals surface area contributed by atoms with Gasteiger partial charge in [0.25, 0.3) is 5.91 Å². The zero-order valence-corrected chi connectivity index (χ0v) is 25.4. The summed E-state index contributed by atoms with van der Waals surface area (Å²) >= 11 is 0. The molecule has 1 heterocycles. The van der Waals surface area contributed by atoms with E-state index in [0.29, 0.717) is 30.3 Å². The van der Waals surface area contributed by atoms with Crippen LogP contribution in [0.3, 0.4) is 0 Å². The first-order valence-electron chi connectivity index (χ1n) is 14.7. The number of hydrogen-bond donors (Lipinski definition) is 4. The molecule has 2 atom stereocenters. The summed E-state index contributed by atoms with van der Waals surface area (Å²) in [4.78, 5) is 40.6. The number of nitrogens with one attached hydrogen (secondary N) is 3. The van der Waals surface area contributed by atoms with Gasteiger partial charge in [0.15, 0.2) is 0 Å². The van der Waals surface area contributed by atoms with E-state index in [0.717, 1.165) is 22.3 Å². The minimum atomic E-state index is -0.967. The number of aryl methyl sites for hydroxylation is 2. The topological polar surface area (TPSA) is 140 Å². The number of ether oxygens (including phenoxy) is 1. The third-order valence-corrected chi connectivity index (χ3v) is 7.17. The molecule has 5 N–H and O–H groups in total. The van der Waals surface area contributed by atoms with Gasteiger partial charge < -0.3 is 26.4 Å². The van der Waals surface area contributed by atoms with Gasteiger partial charge in [-0.3, -0.25) is 19.1 Å². The van der Waals surface area contributed by atoms with E-state index in [-0.39, 0.29) is 25.3 Å². The molecule has 0 unspecified atom stereocenters. The van der Waals surface area contributed by atoms with E-state index in [9.17, 15) is 14.4 Å². The van der Waals surface area contributed by atoms with Crippen molar-refractivity contribution >= 4 is 17.7 Å². The van der Waals surface area contributed by atoms with Crippen molar-refractivity contribution in [1.29, 1.82) is 0 Å². The summed E-state index contributed by atoms with van der Waals surface area (Å²) in [7, 11) is 1.67. The Balaban J connectivity index is 1.54. The molecule has 230 valence electrons. The number of carbonyl (C=O) groups excluding carboxylic acids is 3. The van der Waals surface area contributed by atoms with E-state index in [1.807, 2.05) is 85.8 Å². The minimum Gasteiger partial charge on any atom is -0.494 e. The highest BCUT2D eigenvalue weighted by Crippen LogP contribution is 2.15. The number of benzene rings is 3. The van der Waals surface area contributed by atoms with Gasteiger partial charge in [0.2, 0.25) is 11.8 Å². The molecular weight excluding hydrogens is 556 g/mol. The molecule has 0 bridgehead atoms. The molecule has 3 amide bonds. The second-order valence-corrected chi connectivity index (χ2v) is 10.6. The van der Waals surface area contributed by atoms with Crippen LogP contribution in [-0.4, -0.2) is 46.2 Å². The summed E-state index contributed by atoms with van der Waals surface area (Å²) in [5.41, 5.74) is 10.3. The number of amides is 3. The van der Waals surface area contributed by atoms with Crippen LogP contribution in [0.1, 0.15) is 45.4 Å². The Kier molecular flexibility index (Phi) is 11.3. The molecule has 44 heavy (non-hydrogen) atoms. The standard InChI is InChI=1S/C34H40N6O4/c1-4-44-28-16-14-25(15-17-28)20-30(38-34(43)31-18-23(2)39-40(31)3)33(42)37-29(19-24-8-6-5-7-9-24)32(41)36-22-27-12-10-26(21-35)11-13-27/h5-18,29-30H,4,19-22,35H2,1-3H3,(H,36,41)(H,37,42)(H,38,43)/t29-,30+/m0/s1. The van der Waals surface area contributed by atoms with E-state index in [1.165, 1.54) is 4.68 Å². The van der Waals surface area contributed by atoms with Gasteiger partial charge in [-0.2, -0.15) is 5.10 Å².